The molecule has 0 amide bonds. The number of carboxylic acids is 1. The van der Waals surface area contributed by atoms with Gasteiger partial charge in [-0.05, 0) is 30.5 Å². The average molecular weight is 263 g/mol. The van der Waals surface area contributed by atoms with Crippen molar-refractivity contribution < 1.29 is 20.1 Å². The number of fused-ring (bicyclic) bond motifs is 1. The number of aromatic carboxylic acids is 1. The van der Waals surface area contributed by atoms with Gasteiger partial charge in [-0.3, -0.25) is 0 Å². The first kappa shape index (κ1) is 13.6. The van der Waals surface area contributed by atoms with Crippen molar-refractivity contribution in [1.82, 2.24) is 4.57 Å². The van der Waals surface area contributed by atoms with Crippen molar-refractivity contribution in [3.05, 3.63) is 35.5 Å². The van der Waals surface area contributed by atoms with Gasteiger partial charge in [0.1, 0.15) is 0 Å². The molecule has 5 nitrogen and oxygen atoms in total. The fourth-order valence-electron chi connectivity index (χ4n) is 2.37. The lowest BCUT2D eigenvalue weighted by Gasteiger charge is -2.03. The van der Waals surface area contributed by atoms with E-state index in [1.165, 1.54) is 0 Å². The number of aryl methyl sites for hydroxylation is 1. The number of aromatic nitrogens is 1. The minimum Gasteiger partial charge on any atom is -0.478 e. The zero-order chi connectivity index (χ0) is 13.8. The lowest BCUT2D eigenvalue weighted by molar-refractivity contribution is 0.0699. The second-order valence-corrected chi connectivity index (χ2v) is 4.40. The Labute approximate surface area is 110 Å². The number of aliphatic hydroxyl groups excluding tert-OH is 2. The minimum atomic E-state index is -0.961. The molecule has 3 N–H and O–H groups in total. The summed E-state index contributed by atoms with van der Waals surface area (Å²) >= 11 is 0. The van der Waals surface area contributed by atoms with Gasteiger partial charge >= 0.3 is 5.97 Å². The maximum Gasteiger partial charge on any atom is 0.336 e. The van der Waals surface area contributed by atoms with Crippen molar-refractivity contribution in [1.29, 1.82) is 0 Å². The maximum absolute atomic E-state index is 11.3. The molecule has 0 saturated carbocycles. The quantitative estimate of drug-likeness (QED) is 0.732. The van der Waals surface area contributed by atoms with Gasteiger partial charge in [-0.2, -0.15) is 0 Å². The van der Waals surface area contributed by atoms with Crippen LogP contribution in [-0.2, 0) is 13.0 Å². The highest BCUT2D eigenvalue weighted by Crippen LogP contribution is 2.26. The van der Waals surface area contributed by atoms with Crippen molar-refractivity contribution in [2.24, 2.45) is 0 Å². The number of rotatable bonds is 6. The van der Waals surface area contributed by atoms with E-state index in [0.717, 1.165) is 11.1 Å². The van der Waals surface area contributed by atoms with Gasteiger partial charge in [0.05, 0.1) is 12.2 Å². The molecule has 19 heavy (non-hydrogen) atoms. The van der Waals surface area contributed by atoms with Crippen LogP contribution in [0.4, 0.5) is 0 Å². The Bertz CT molecular complexity index is 588. The molecule has 2 aromatic rings. The third kappa shape index (κ3) is 2.62. The molecule has 0 fully saturated rings. The molecule has 2 rings (SSSR count). The van der Waals surface area contributed by atoms with Gasteiger partial charge in [0.25, 0.3) is 0 Å². The standard InChI is InChI=1S/C14H17NO4/c16-7-2-3-10-9-15(6-8-17)12-5-1-4-11(13(10)12)14(18)19/h1,4-5,9,16-17H,2-3,6-8H2,(H,18,19). The van der Waals surface area contributed by atoms with Gasteiger partial charge in [0.2, 0.25) is 0 Å². The van der Waals surface area contributed by atoms with Crippen LogP contribution in [0.5, 0.6) is 0 Å². The Kier molecular flexibility index (Phi) is 4.19. The first-order chi connectivity index (χ1) is 9.19. The molecule has 1 heterocycles. The van der Waals surface area contributed by atoms with Crippen LogP contribution in [0.2, 0.25) is 0 Å². The van der Waals surface area contributed by atoms with Crippen LogP contribution >= 0.6 is 0 Å². The summed E-state index contributed by atoms with van der Waals surface area (Å²) in [6.45, 7) is 0.501. The molecule has 0 aliphatic heterocycles. The van der Waals surface area contributed by atoms with E-state index in [4.69, 9.17) is 10.2 Å². The molecule has 102 valence electrons. The normalized spacial score (nSPS) is 11.1. The van der Waals surface area contributed by atoms with Crippen molar-refractivity contribution in [3.8, 4) is 0 Å². The number of hydrogen-bond acceptors (Lipinski definition) is 3. The monoisotopic (exact) mass is 263 g/mol. The molecule has 1 aromatic heterocycles. The molecule has 0 spiro atoms. The first-order valence-corrected chi connectivity index (χ1v) is 6.24. The number of hydrogen-bond donors (Lipinski definition) is 3. The van der Waals surface area contributed by atoms with E-state index < -0.39 is 5.97 Å². The maximum atomic E-state index is 11.3. The Hall–Kier alpha value is -1.85. The highest BCUT2D eigenvalue weighted by molar-refractivity contribution is 6.04. The highest BCUT2D eigenvalue weighted by atomic mass is 16.4. The SMILES string of the molecule is O=C(O)c1cccc2c1c(CCCO)cn2CCO. The van der Waals surface area contributed by atoms with Gasteiger partial charge in [-0.25, -0.2) is 4.79 Å². The topological polar surface area (TPSA) is 82.7 Å². The largest absolute Gasteiger partial charge is 0.478 e. The fourth-order valence-corrected chi connectivity index (χ4v) is 2.37. The van der Waals surface area contributed by atoms with Gasteiger partial charge < -0.3 is 19.9 Å². The van der Waals surface area contributed by atoms with E-state index in [-0.39, 0.29) is 18.8 Å². The lowest BCUT2D eigenvalue weighted by Crippen LogP contribution is -2.01. The Balaban J connectivity index is 2.61. The Morgan fingerprint density at radius 1 is 1.21 bits per heavy atom. The molecule has 0 bridgehead atoms. The summed E-state index contributed by atoms with van der Waals surface area (Å²) in [6, 6.07) is 5.13. The molecule has 0 aliphatic carbocycles. The molecule has 1 aromatic carbocycles. The molecule has 5 heteroatoms. The number of nitrogens with zero attached hydrogens (tertiary/aromatic N) is 1. The smallest absolute Gasteiger partial charge is 0.336 e. The van der Waals surface area contributed by atoms with Crippen LogP contribution in [0.3, 0.4) is 0 Å². The zero-order valence-corrected chi connectivity index (χ0v) is 10.5. The van der Waals surface area contributed by atoms with Crippen molar-refractivity contribution in [2.75, 3.05) is 13.2 Å². The lowest BCUT2D eigenvalue weighted by atomic mass is 10.0. The van der Waals surface area contributed by atoms with Crippen LogP contribution in [0.1, 0.15) is 22.3 Å². The number of carbonyl (C=O) groups is 1. The van der Waals surface area contributed by atoms with Crippen LogP contribution in [-0.4, -0.2) is 39.1 Å². The molecule has 0 unspecified atom stereocenters. The Morgan fingerprint density at radius 2 is 2.00 bits per heavy atom. The van der Waals surface area contributed by atoms with E-state index in [0.29, 0.717) is 24.8 Å². The number of aliphatic hydroxyl groups is 2. The summed E-state index contributed by atoms with van der Waals surface area (Å²) in [6.07, 6.45) is 3.07. The van der Waals surface area contributed by atoms with E-state index in [1.807, 2.05) is 16.8 Å². The summed E-state index contributed by atoms with van der Waals surface area (Å²) in [5.41, 5.74) is 1.97. The molecule has 0 atom stereocenters. The number of benzene rings is 1. The second kappa shape index (κ2) is 5.86. The van der Waals surface area contributed by atoms with E-state index in [1.54, 1.807) is 12.1 Å². The van der Waals surface area contributed by atoms with E-state index >= 15 is 0 Å². The van der Waals surface area contributed by atoms with Gasteiger partial charge in [-0.1, -0.05) is 6.07 Å². The van der Waals surface area contributed by atoms with Gasteiger partial charge in [0, 0.05) is 30.3 Å². The van der Waals surface area contributed by atoms with E-state index in [9.17, 15) is 9.90 Å². The Morgan fingerprint density at radius 3 is 2.63 bits per heavy atom. The van der Waals surface area contributed by atoms with Crippen LogP contribution in [0.15, 0.2) is 24.4 Å². The third-order valence-corrected chi connectivity index (χ3v) is 3.16. The fraction of sp³-hybridized carbons (Fsp3) is 0.357. The predicted molar refractivity (Wildman–Crippen MR) is 71.4 cm³/mol. The van der Waals surface area contributed by atoms with Crippen molar-refractivity contribution in [3.63, 3.8) is 0 Å². The summed E-state index contributed by atoms with van der Waals surface area (Å²) in [5.74, 6) is -0.961. The predicted octanol–water partition coefficient (Wildman–Crippen LogP) is 1.26. The van der Waals surface area contributed by atoms with E-state index in [2.05, 4.69) is 0 Å². The van der Waals surface area contributed by atoms with Crippen LogP contribution < -0.4 is 0 Å². The van der Waals surface area contributed by atoms with Crippen molar-refractivity contribution >= 4 is 16.9 Å². The molecular formula is C14H17NO4. The zero-order valence-electron chi connectivity index (χ0n) is 10.5. The van der Waals surface area contributed by atoms with Gasteiger partial charge in [0.15, 0.2) is 0 Å². The van der Waals surface area contributed by atoms with Crippen LogP contribution in [0.25, 0.3) is 10.9 Å². The van der Waals surface area contributed by atoms with Crippen LogP contribution in [0, 0.1) is 0 Å². The highest BCUT2D eigenvalue weighted by Gasteiger charge is 2.15. The van der Waals surface area contributed by atoms with Crippen molar-refractivity contribution in [2.45, 2.75) is 19.4 Å². The average Bonchev–Trinajstić information content (AvgIpc) is 2.75. The van der Waals surface area contributed by atoms with Gasteiger partial charge in [-0.15, -0.1) is 0 Å². The number of carboxylic acid groups (broad SMARTS) is 1. The second-order valence-electron chi connectivity index (χ2n) is 4.40. The molecular weight excluding hydrogens is 246 g/mol. The summed E-state index contributed by atoms with van der Waals surface area (Å²) in [4.78, 5) is 11.3. The summed E-state index contributed by atoms with van der Waals surface area (Å²) < 4.78 is 1.86. The third-order valence-electron chi connectivity index (χ3n) is 3.16. The first-order valence-electron chi connectivity index (χ1n) is 6.24. The minimum absolute atomic E-state index is 0.000515. The summed E-state index contributed by atoms with van der Waals surface area (Å²) in [5, 5.41) is 28.0. The molecule has 0 radical (unpaired) electrons. The summed E-state index contributed by atoms with van der Waals surface area (Å²) in [7, 11) is 0. The molecule has 0 saturated heterocycles. The molecule has 0 aliphatic rings.